The Morgan fingerprint density at radius 3 is 2.43 bits per heavy atom. The fourth-order valence-corrected chi connectivity index (χ4v) is 3.42. The number of amides is 3. The van der Waals surface area contributed by atoms with Crippen LogP contribution in [-0.2, 0) is 9.59 Å². The molecule has 0 atom stereocenters. The number of carbonyl (C=O) groups is 3. The van der Waals surface area contributed by atoms with Crippen molar-refractivity contribution in [2.45, 2.75) is 27.7 Å². The Bertz CT molecular complexity index is 894. The van der Waals surface area contributed by atoms with Gasteiger partial charge >= 0.3 is 0 Å². The van der Waals surface area contributed by atoms with E-state index < -0.39 is 0 Å². The number of aromatic nitrogens is 1. The molecule has 1 aromatic rings. The summed E-state index contributed by atoms with van der Waals surface area (Å²) in [5.41, 5.74) is 4.90. The predicted molar refractivity (Wildman–Crippen MR) is 113 cm³/mol. The average Bonchev–Trinajstić information content (AvgIpc) is 3.09. The van der Waals surface area contributed by atoms with Crippen LogP contribution in [0.25, 0.3) is 6.08 Å². The zero-order valence-electron chi connectivity index (χ0n) is 16.5. The lowest BCUT2D eigenvalue weighted by Gasteiger charge is -2.06. The second kappa shape index (κ2) is 9.54. The quantitative estimate of drug-likeness (QED) is 0.304. The van der Waals surface area contributed by atoms with Crippen molar-refractivity contribution in [3.05, 3.63) is 51.5 Å². The third-order valence-electron chi connectivity index (χ3n) is 4.42. The Labute approximate surface area is 172 Å². The van der Waals surface area contributed by atoms with Crippen LogP contribution >= 0.6 is 15.9 Å². The highest BCUT2D eigenvalue weighted by atomic mass is 79.9. The van der Waals surface area contributed by atoms with Crippen molar-refractivity contribution >= 4 is 39.7 Å². The van der Waals surface area contributed by atoms with Crippen LogP contribution in [-0.4, -0.2) is 41.1 Å². The minimum absolute atomic E-state index is 0.139. The van der Waals surface area contributed by atoms with Gasteiger partial charge in [-0.2, -0.15) is 0 Å². The molecule has 0 unspecified atom stereocenters. The molecule has 1 saturated heterocycles. The minimum atomic E-state index is -0.220. The summed E-state index contributed by atoms with van der Waals surface area (Å²) >= 11 is 3.38. The van der Waals surface area contributed by atoms with Crippen molar-refractivity contribution in [1.82, 2.24) is 20.9 Å². The van der Waals surface area contributed by atoms with E-state index in [0.29, 0.717) is 35.3 Å². The number of aromatic amines is 1. The van der Waals surface area contributed by atoms with Gasteiger partial charge in [0.05, 0.1) is 11.1 Å². The van der Waals surface area contributed by atoms with Crippen molar-refractivity contribution in [3.63, 3.8) is 0 Å². The number of alkyl halides is 1. The van der Waals surface area contributed by atoms with E-state index in [1.54, 1.807) is 6.08 Å². The van der Waals surface area contributed by atoms with E-state index in [1.807, 2.05) is 32.9 Å². The molecular weight excluding hydrogens is 424 g/mol. The molecule has 1 aliphatic rings. The fraction of sp³-hybridized carbons (Fsp3) is 0.350. The van der Waals surface area contributed by atoms with Gasteiger partial charge in [-0.25, -0.2) is 0 Å². The second-order valence-electron chi connectivity index (χ2n) is 6.39. The molecule has 0 bridgehead atoms. The van der Waals surface area contributed by atoms with Crippen LogP contribution in [0.1, 0.15) is 41.2 Å². The largest absolute Gasteiger partial charge is 0.358 e. The normalized spacial score (nSPS) is 18.0. The van der Waals surface area contributed by atoms with Gasteiger partial charge in [-0.15, -0.1) is 0 Å². The number of allylic oxidation sites excluding steroid dienone is 3. The number of rotatable bonds is 6. The molecule has 1 aliphatic heterocycles. The molecule has 0 spiro atoms. The Kier molecular flexibility index (Phi) is 7.39. The fourth-order valence-electron chi connectivity index (χ4n) is 3.10. The third kappa shape index (κ3) is 4.81. The van der Waals surface area contributed by atoms with E-state index in [0.717, 1.165) is 22.5 Å². The van der Waals surface area contributed by atoms with Crippen LogP contribution in [0.2, 0.25) is 0 Å². The topological polar surface area (TPSA) is 103 Å². The molecule has 4 N–H and O–H groups in total. The molecule has 0 aliphatic carbocycles. The van der Waals surface area contributed by atoms with Gasteiger partial charge in [0.1, 0.15) is 0 Å². The SMILES string of the molecule is C/C=C1/NC(=O)C(=C\c2[nH]c(C)c(C(=O)NCCNC(C)=O)c2C)/C1=C/CBr. The molecule has 150 valence electrons. The van der Waals surface area contributed by atoms with Gasteiger partial charge in [0.15, 0.2) is 0 Å². The summed E-state index contributed by atoms with van der Waals surface area (Å²) in [6.07, 6.45) is 5.56. The zero-order valence-corrected chi connectivity index (χ0v) is 18.0. The van der Waals surface area contributed by atoms with Crippen molar-refractivity contribution in [3.8, 4) is 0 Å². The molecule has 0 aromatic carbocycles. The summed E-state index contributed by atoms with van der Waals surface area (Å²) in [6.45, 7) is 7.67. The summed E-state index contributed by atoms with van der Waals surface area (Å²) < 4.78 is 0. The van der Waals surface area contributed by atoms with Gasteiger partial charge in [0.2, 0.25) is 5.91 Å². The van der Waals surface area contributed by atoms with Crippen LogP contribution in [0.3, 0.4) is 0 Å². The first-order valence-corrected chi connectivity index (χ1v) is 10.1. The minimum Gasteiger partial charge on any atom is -0.358 e. The van der Waals surface area contributed by atoms with E-state index in [9.17, 15) is 14.4 Å². The molecule has 2 heterocycles. The number of nitrogens with one attached hydrogen (secondary N) is 4. The summed E-state index contributed by atoms with van der Waals surface area (Å²) in [7, 11) is 0. The van der Waals surface area contributed by atoms with Gasteiger partial charge in [-0.3, -0.25) is 14.4 Å². The van der Waals surface area contributed by atoms with Crippen LogP contribution in [0.15, 0.2) is 29.0 Å². The molecule has 7 nitrogen and oxygen atoms in total. The number of carbonyl (C=O) groups excluding carboxylic acids is 3. The standard InChI is InChI=1S/C20H25BrN4O3/c1-5-16-14(6-7-21)15(19(27)25-16)10-17-11(2)18(12(3)24-17)20(28)23-9-8-22-13(4)26/h5-6,10,24H,7-9H2,1-4H3,(H,22,26)(H,23,28)(H,25,27)/b14-6-,15-10-,16-5+. The predicted octanol–water partition coefficient (Wildman–Crippen LogP) is 2.24. The monoisotopic (exact) mass is 448 g/mol. The lowest BCUT2D eigenvalue weighted by Crippen LogP contribution is -2.34. The highest BCUT2D eigenvalue weighted by molar-refractivity contribution is 9.09. The Morgan fingerprint density at radius 1 is 1.14 bits per heavy atom. The number of H-pyrrole nitrogens is 1. The third-order valence-corrected chi connectivity index (χ3v) is 4.74. The molecular formula is C20H25BrN4O3. The summed E-state index contributed by atoms with van der Waals surface area (Å²) in [6, 6.07) is 0. The molecule has 1 fully saturated rings. The number of hydrogen-bond acceptors (Lipinski definition) is 3. The summed E-state index contributed by atoms with van der Waals surface area (Å²) in [5.74, 6) is -0.532. The van der Waals surface area contributed by atoms with Crippen LogP contribution in [0.4, 0.5) is 0 Å². The van der Waals surface area contributed by atoms with Crippen LogP contribution < -0.4 is 16.0 Å². The van der Waals surface area contributed by atoms with Gasteiger partial charge in [0.25, 0.3) is 11.8 Å². The van der Waals surface area contributed by atoms with E-state index >= 15 is 0 Å². The average molecular weight is 449 g/mol. The number of hydrogen-bond donors (Lipinski definition) is 4. The highest BCUT2D eigenvalue weighted by Crippen LogP contribution is 2.29. The van der Waals surface area contributed by atoms with Gasteiger partial charge in [0, 0.05) is 48.0 Å². The first-order valence-electron chi connectivity index (χ1n) is 8.98. The molecule has 28 heavy (non-hydrogen) atoms. The summed E-state index contributed by atoms with van der Waals surface area (Å²) in [4.78, 5) is 39.0. The maximum absolute atomic E-state index is 12.5. The van der Waals surface area contributed by atoms with Crippen LogP contribution in [0.5, 0.6) is 0 Å². The lowest BCUT2D eigenvalue weighted by molar-refractivity contribution is -0.119. The highest BCUT2D eigenvalue weighted by Gasteiger charge is 2.27. The first-order chi connectivity index (χ1) is 13.3. The van der Waals surface area contributed by atoms with Crippen LogP contribution in [0, 0.1) is 13.8 Å². The van der Waals surface area contributed by atoms with Crippen molar-refractivity contribution < 1.29 is 14.4 Å². The Hall–Kier alpha value is -2.61. The van der Waals surface area contributed by atoms with E-state index in [-0.39, 0.29) is 17.7 Å². The van der Waals surface area contributed by atoms with E-state index in [4.69, 9.17) is 0 Å². The maximum Gasteiger partial charge on any atom is 0.256 e. The summed E-state index contributed by atoms with van der Waals surface area (Å²) in [5, 5.41) is 8.91. The zero-order chi connectivity index (χ0) is 20.8. The maximum atomic E-state index is 12.5. The van der Waals surface area contributed by atoms with Gasteiger partial charge in [-0.05, 0) is 32.4 Å². The Morgan fingerprint density at radius 2 is 1.82 bits per heavy atom. The van der Waals surface area contributed by atoms with E-state index in [2.05, 4.69) is 36.9 Å². The number of aryl methyl sites for hydroxylation is 1. The molecule has 3 amide bonds. The lowest BCUT2D eigenvalue weighted by atomic mass is 10.0. The molecule has 8 heteroatoms. The Balaban J connectivity index is 2.29. The van der Waals surface area contributed by atoms with Gasteiger partial charge < -0.3 is 20.9 Å². The smallest absolute Gasteiger partial charge is 0.256 e. The van der Waals surface area contributed by atoms with Crippen molar-refractivity contribution in [2.24, 2.45) is 0 Å². The van der Waals surface area contributed by atoms with E-state index in [1.165, 1.54) is 6.92 Å². The van der Waals surface area contributed by atoms with Crippen molar-refractivity contribution in [2.75, 3.05) is 18.4 Å². The molecule has 0 radical (unpaired) electrons. The van der Waals surface area contributed by atoms with Crippen molar-refractivity contribution in [1.29, 1.82) is 0 Å². The second-order valence-corrected chi connectivity index (χ2v) is 7.04. The molecule has 0 saturated carbocycles. The molecule has 2 rings (SSSR count). The first kappa shape index (κ1) is 21.7. The molecule has 1 aromatic heterocycles. The number of halogens is 1. The van der Waals surface area contributed by atoms with Gasteiger partial charge in [-0.1, -0.05) is 28.1 Å².